The highest BCUT2D eigenvalue weighted by Crippen LogP contribution is 2.11. The number of halogens is 1. The smallest absolute Gasteiger partial charge is 0.243 e. The first-order chi connectivity index (χ1) is 8.31. The molecule has 6 heteroatoms. The molecular weight excluding hydrogens is 221 g/mol. The molecule has 5 nitrogen and oxygen atoms in total. The summed E-state index contributed by atoms with van der Waals surface area (Å²) in [6.07, 6.45) is 3.45. The largest absolute Gasteiger partial charge is 0.350 e. The predicted molar refractivity (Wildman–Crippen MR) is 62.5 cm³/mol. The van der Waals surface area contributed by atoms with Crippen molar-refractivity contribution in [3.05, 3.63) is 24.1 Å². The van der Waals surface area contributed by atoms with E-state index >= 15 is 0 Å². The molecule has 0 saturated carbocycles. The molecule has 0 aliphatic carbocycles. The van der Waals surface area contributed by atoms with Crippen LogP contribution in [0.1, 0.15) is 12.8 Å². The fourth-order valence-corrected chi connectivity index (χ4v) is 2.07. The Morgan fingerprint density at radius 2 is 2.18 bits per heavy atom. The highest BCUT2D eigenvalue weighted by Gasteiger charge is 2.14. The van der Waals surface area contributed by atoms with Gasteiger partial charge in [0.05, 0.1) is 6.20 Å². The van der Waals surface area contributed by atoms with Gasteiger partial charge in [-0.3, -0.25) is 0 Å². The van der Waals surface area contributed by atoms with Crippen molar-refractivity contribution in [1.29, 1.82) is 0 Å². The molecule has 2 N–H and O–H groups in total. The first-order valence-corrected chi connectivity index (χ1v) is 5.80. The van der Waals surface area contributed by atoms with Crippen LogP contribution < -0.4 is 10.6 Å². The molecule has 0 atom stereocenters. The van der Waals surface area contributed by atoms with E-state index in [0.717, 1.165) is 25.9 Å². The van der Waals surface area contributed by atoms with Gasteiger partial charge in [0.15, 0.2) is 5.65 Å². The monoisotopic (exact) mass is 235 g/mol. The quantitative estimate of drug-likeness (QED) is 0.816. The van der Waals surface area contributed by atoms with Gasteiger partial charge in [0.2, 0.25) is 5.95 Å². The molecule has 2 aromatic heterocycles. The van der Waals surface area contributed by atoms with Crippen molar-refractivity contribution in [3.8, 4) is 0 Å². The molecule has 1 aliphatic rings. The number of anilines is 1. The third kappa shape index (κ3) is 2.21. The summed E-state index contributed by atoms with van der Waals surface area (Å²) >= 11 is 0. The fraction of sp³-hybridized carbons (Fsp3) is 0.455. The normalized spacial score (nSPS) is 17.5. The SMILES string of the molecule is Fc1ccc2nc(NC3CCNCC3)nn2c1. The minimum atomic E-state index is -0.309. The van der Waals surface area contributed by atoms with Crippen LogP contribution in [-0.2, 0) is 0 Å². The van der Waals surface area contributed by atoms with Crippen molar-refractivity contribution >= 4 is 11.6 Å². The Morgan fingerprint density at radius 1 is 1.35 bits per heavy atom. The van der Waals surface area contributed by atoms with Gasteiger partial charge in [-0.05, 0) is 38.1 Å². The van der Waals surface area contributed by atoms with Crippen LogP contribution in [0.4, 0.5) is 10.3 Å². The van der Waals surface area contributed by atoms with E-state index in [-0.39, 0.29) is 5.82 Å². The van der Waals surface area contributed by atoms with Crippen molar-refractivity contribution in [1.82, 2.24) is 19.9 Å². The maximum absolute atomic E-state index is 13.0. The van der Waals surface area contributed by atoms with Crippen LogP contribution in [0.15, 0.2) is 18.3 Å². The van der Waals surface area contributed by atoms with Crippen LogP contribution in [0.2, 0.25) is 0 Å². The van der Waals surface area contributed by atoms with Crippen molar-refractivity contribution in [3.63, 3.8) is 0 Å². The summed E-state index contributed by atoms with van der Waals surface area (Å²) in [4.78, 5) is 4.30. The Bertz CT molecular complexity index is 518. The van der Waals surface area contributed by atoms with Crippen molar-refractivity contribution in [2.75, 3.05) is 18.4 Å². The molecule has 0 radical (unpaired) electrons. The summed E-state index contributed by atoms with van der Waals surface area (Å²) in [6.45, 7) is 2.03. The average Bonchev–Trinajstić information content (AvgIpc) is 2.71. The number of nitrogens with zero attached hydrogens (tertiary/aromatic N) is 3. The topological polar surface area (TPSA) is 54.2 Å². The molecular formula is C11H14FN5. The molecule has 1 fully saturated rings. The summed E-state index contributed by atoms with van der Waals surface area (Å²) in [7, 11) is 0. The summed E-state index contributed by atoms with van der Waals surface area (Å²) in [5.74, 6) is 0.262. The molecule has 1 aliphatic heterocycles. The van der Waals surface area contributed by atoms with Gasteiger partial charge >= 0.3 is 0 Å². The lowest BCUT2D eigenvalue weighted by Crippen LogP contribution is -2.35. The van der Waals surface area contributed by atoms with Gasteiger partial charge in [-0.15, -0.1) is 5.10 Å². The first kappa shape index (κ1) is 10.5. The molecule has 2 aromatic rings. The van der Waals surface area contributed by atoms with Gasteiger partial charge < -0.3 is 10.6 Å². The number of pyridine rings is 1. The average molecular weight is 235 g/mol. The number of aromatic nitrogens is 3. The lowest BCUT2D eigenvalue weighted by molar-refractivity contribution is 0.477. The Hall–Kier alpha value is -1.69. The Labute approximate surface area is 98.0 Å². The summed E-state index contributed by atoms with van der Waals surface area (Å²) in [5, 5.41) is 10.8. The van der Waals surface area contributed by atoms with E-state index in [2.05, 4.69) is 20.7 Å². The van der Waals surface area contributed by atoms with Crippen molar-refractivity contribution < 1.29 is 4.39 Å². The molecule has 17 heavy (non-hydrogen) atoms. The molecule has 0 spiro atoms. The van der Waals surface area contributed by atoms with Gasteiger partial charge in [-0.1, -0.05) is 0 Å². The zero-order chi connectivity index (χ0) is 11.7. The lowest BCUT2D eigenvalue weighted by Gasteiger charge is -2.22. The number of rotatable bonds is 2. The van der Waals surface area contributed by atoms with Crippen molar-refractivity contribution in [2.24, 2.45) is 0 Å². The number of piperidine rings is 1. The van der Waals surface area contributed by atoms with Gasteiger partial charge in [-0.25, -0.2) is 8.91 Å². The number of fused-ring (bicyclic) bond motifs is 1. The van der Waals surface area contributed by atoms with Gasteiger partial charge in [0.25, 0.3) is 0 Å². The second-order valence-corrected chi connectivity index (χ2v) is 4.25. The van der Waals surface area contributed by atoms with E-state index in [9.17, 15) is 4.39 Å². The van der Waals surface area contributed by atoms with Crippen LogP contribution >= 0.6 is 0 Å². The first-order valence-electron chi connectivity index (χ1n) is 5.80. The molecule has 0 amide bonds. The predicted octanol–water partition coefficient (Wildman–Crippen LogP) is 1.03. The van der Waals surface area contributed by atoms with Crippen LogP contribution in [0.3, 0.4) is 0 Å². The number of hydrogen-bond acceptors (Lipinski definition) is 4. The molecule has 0 aromatic carbocycles. The molecule has 1 saturated heterocycles. The molecule has 3 heterocycles. The highest BCUT2D eigenvalue weighted by molar-refractivity contribution is 5.43. The highest BCUT2D eigenvalue weighted by atomic mass is 19.1. The second kappa shape index (κ2) is 4.29. The maximum Gasteiger partial charge on any atom is 0.243 e. The van der Waals surface area contributed by atoms with Gasteiger partial charge in [-0.2, -0.15) is 4.98 Å². The Kier molecular flexibility index (Phi) is 2.64. The molecule has 0 unspecified atom stereocenters. The lowest BCUT2D eigenvalue weighted by atomic mass is 10.1. The van der Waals surface area contributed by atoms with Crippen molar-refractivity contribution in [2.45, 2.75) is 18.9 Å². The van der Waals surface area contributed by atoms with E-state index < -0.39 is 0 Å². The Morgan fingerprint density at radius 3 is 3.00 bits per heavy atom. The van der Waals surface area contributed by atoms with Crippen LogP contribution in [0, 0.1) is 5.82 Å². The standard InChI is InChI=1S/C11H14FN5/c12-8-1-2-10-15-11(16-17(10)7-8)14-9-3-5-13-6-4-9/h1-2,7,9,13H,3-6H2,(H,14,16). The third-order valence-corrected chi connectivity index (χ3v) is 2.97. The second-order valence-electron chi connectivity index (χ2n) is 4.25. The fourth-order valence-electron chi connectivity index (χ4n) is 2.07. The number of hydrogen-bond donors (Lipinski definition) is 2. The summed E-state index contributed by atoms with van der Waals surface area (Å²) in [6, 6.07) is 3.41. The minimum absolute atomic E-state index is 0.309. The van der Waals surface area contributed by atoms with E-state index in [1.54, 1.807) is 6.07 Å². The number of nitrogens with one attached hydrogen (secondary N) is 2. The Balaban J connectivity index is 1.80. The molecule has 3 rings (SSSR count). The van der Waals surface area contributed by atoms with Crippen LogP contribution in [-0.4, -0.2) is 33.7 Å². The van der Waals surface area contributed by atoms with Gasteiger partial charge in [0.1, 0.15) is 5.82 Å². The van der Waals surface area contributed by atoms with Crippen LogP contribution in [0.25, 0.3) is 5.65 Å². The van der Waals surface area contributed by atoms with E-state index in [0.29, 0.717) is 17.6 Å². The van der Waals surface area contributed by atoms with E-state index in [1.807, 2.05) is 0 Å². The third-order valence-electron chi connectivity index (χ3n) is 2.97. The van der Waals surface area contributed by atoms with E-state index in [4.69, 9.17) is 0 Å². The molecule has 0 bridgehead atoms. The zero-order valence-corrected chi connectivity index (χ0v) is 9.36. The van der Waals surface area contributed by atoms with E-state index in [1.165, 1.54) is 16.8 Å². The molecule has 90 valence electrons. The van der Waals surface area contributed by atoms with Crippen LogP contribution in [0.5, 0.6) is 0 Å². The zero-order valence-electron chi connectivity index (χ0n) is 9.36. The summed E-state index contributed by atoms with van der Waals surface area (Å²) in [5.41, 5.74) is 0.655. The van der Waals surface area contributed by atoms with Gasteiger partial charge in [0, 0.05) is 6.04 Å². The minimum Gasteiger partial charge on any atom is -0.350 e. The summed E-state index contributed by atoms with van der Waals surface area (Å²) < 4.78 is 14.4. The maximum atomic E-state index is 13.0.